The van der Waals surface area contributed by atoms with Crippen LogP contribution in [0.3, 0.4) is 0 Å². The van der Waals surface area contributed by atoms with Gasteiger partial charge in [0.15, 0.2) is 5.96 Å². The van der Waals surface area contributed by atoms with E-state index in [9.17, 15) is 0 Å². The van der Waals surface area contributed by atoms with Crippen molar-refractivity contribution in [3.8, 4) is 0 Å². The molecule has 2 N–H and O–H groups in total. The minimum absolute atomic E-state index is 0. The highest BCUT2D eigenvalue weighted by Crippen LogP contribution is 2.25. The second-order valence-corrected chi connectivity index (χ2v) is 7.41. The molecule has 1 heterocycles. The molecule has 2 aliphatic rings. The van der Waals surface area contributed by atoms with Crippen molar-refractivity contribution < 1.29 is 4.74 Å². The Bertz CT molecular complexity index is 304. The van der Waals surface area contributed by atoms with Gasteiger partial charge in [0.25, 0.3) is 0 Å². The summed E-state index contributed by atoms with van der Waals surface area (Å²) in [5.74, 6) is 2.22. The fraction of sp³-hybridized carbons (Fsp3) is 0.938. The molecule has 4 nitrogen and oxygen atoms in total. The van der Waals surface area contributed by atoms with Gasteiger partial charge in [0.05, 0.1) is 12.7 Å². The summed E-state index contributed by atoms with van der Waals surface area (Å²) < 4.78 is 5.99. The van der Waals surface area contributed by atoms with E-state index in [2.05, 4.69) is 27.4 Å². The third-order valence-corrected chi connectivity index (χ3v) is 5.69. The van der Waals surface area contributed by atoms with Crippen molar-refractivity contribution >= 4 is 41.7 Å². The van der Waals surface area contributed by atoms with Gasteiger partial charge in [-0.3, -0.25) is 4.99 Å². The lowest BCUT2D eigenvalue weighted by atomic mass is 10.1. The molecule has 0 aromatic carbocycles. The van der Waals surface area contributed by atoms with E-state index in [1.165, 1.54) is 57.1 Å². The molecule has 0 aromatic heterocycles. The second kappa shape index (κ2) is 12.7. The molecule has 0 bridgehead atoms. The van der Waals surface area contributed by atoms with Crippen molar-refractivity contribution in [2.24, 2.45) is 4.99 Å². The van der Waals surface area contributed by atoms with Crippen LogP contribution in [0, 0.1) is 0 Å². The number of rotatable bonds is 6. The van der Waals surface area contributed by atoms with E-state index >= 15 is 0 Å². The number of halogens is 1. The van der Waals surface area contributed by atoms with Crippen molar-refractivity contribution in [2.75, 3.05) is 32.5 Å². The zero-order valence-corrected chi connectivity index (χ0v) is 17.0. The molecular weight excluding hydrogens is 409 g/mol. The minimum atomic E-state index is 0. The third-order valence-electron chi connectivity index (χ3n) is 4.30. The van der Waals surface area contributed by atoms with E-state index in [1.54, 1.807) is 0 Å². The van der Waals surface area contributed by atoms with Crippen LogP contribution in [-0.4, -0.2) is 49.8 Å². The highest BCUT2D eigenvalue weighted by Gasteiger charge is 2.15. The molecule has 2 rings (SSSR count). The number of hydrogen-bond acceptors (Lipinski definition) is 3. The number of nitrogens with one attached hydrogen (secondary N) is 2. The molecule has 1 aliphatic carbocycles. The summed E-state index contributed by atoms with van der Waals surface area (Å²) in [6, 6.07) is 0. The topological polar surface area (TPSA) is 45.7 Å². The fourth-order valence-corrected chi connectivity index (χ4v) is 4.24. The highest BCUT2D eigenvalue weighted by atomic mass is 127. The molecular formula is C16H32IN3OS. The van der Waals surface area contributed by atoms with Gasteiger partial charge in [0.2, 0.25) is 0 Å². The lowest BCUT2D eigenvalue weighted by molar-refractivity contribution is 0.0468. The van der Waals surface area contributed by atoms with E-state index in [1.807, 2.05) is 7.05 Å². The lowest BCUT2D eigenvalue weighted by Crippen LogP contribution is -2.41. The maximum atomic E-state index is 5.99. The van der Waals surface area contributed by atoms with E-state index < -0.39 is 0 Å². The SMILES string of the molecule is CN=C(NCCOC1CCCCCC1)NCC1CCCS1.I. The molecule has 1 aliphatic heterocycles. The molecule has 0 aromatic rings. The number of thioether (sulfide) groups is 1. The first-order valence-corrected chi connectivity index (χ1v) is 9.61. The van der Waals surface area contributed by atoms with Gasteiger partial charge in [-0.15, -0.1) is 24.0 Å². The number of hydrogen-bond donors (Lipinski definition) is 2. The third kappa shape index (κ3) is 8.24. The largest absolute Gasteiger partial charge is 0.376 e. The molecule has 130 valence electrons. The van der Waals surface area contributed by atoms with Gasteiger partial charge in [-0.1, -0.05) is 25.7 Å². The lowest BCUT2D eigenvalue weighted by Gasteiger charge is -2.17. The van der Waals surface area contributed by atoms with Crippen molar-refractivity contribution in [3.05, 3.63) is 0 Å². The summed E-state index contributed by atoms with van der Waals surface area (Å²) in [5.41, 5.74) is 0. The van der Waals surface area contributed by atoms with Crippen LogP contribution in [0.5, 0.6) is 0 Å². The van der Waals surface area contributed by atoms with Crippen LogP contribution in [0.1, 0.15) is 51.4 Å². The van der Waals surface area contributed by atoms with Gasteiger partial charge in [0, 0.05) is 25.4 Å². The van der Waals surface area contributed by atoms with Crippen LogP contribution in [0.15, 0.2) is 4.99 Å². The molecule has 0 spiro atoms. The molecule has 0 amide bonds. The first-order chi connectivity index (χ1) is 10.4. The zero-order chi connectivity index (χ0) is 14.8. The van der Waals surface area contributed by atoms with Gasteiger partial charge >= 0.3 is 0 Å². The van der Waals surface area contributed by atoms with Gasteiger partial charge in [-0.2, -0.15) is 11.8 Å². The Balaban J connectivity index is 0.00000242. The summed E-state index contributed by atoms with van der Waals surface area (Å²) in [5, 5.41) is 7.53. The average molecular weight is 441 g/mol. The Labute approximate surface area is 157 Å². The maximum absolute atomic E-state index is 5.99. The van der Waals surface area contributed by atoms with Crippen molar-refractivity contribution in [1.82, 2.24) is 10.6 Å². The van der Waals surface area contributed by atoms with Gasteiger partial charge in [0.1, 0.15) is 0 Å². The quantitative estimate of drug-likeness (QED) is 0.218. The molecule has 1 saturated carbocycles. The first-order valence-electron chi connectivity index (χ1n) is 8.56. The van der Waals surface area contributed by atoms with Gasteiger partial charge in [-0.25, -0.2) is 0 Å². The smallest absolute Gasteiger partial charge is 0.191 e. The molecule has 2 fully saturated rings. The summed E-state index contributed by atoms with van der Waals surface area (Å²) in [4.78, 5) is 4.28. The highest BCUT2D eigenvalue weighted by molar-refractivity contribution is 14.0. The van der Waals surface area contributed by atoms with E-state index in [-0.39, 0.29) is 24.0 Å². The monoisotopic (exact) mass is 441 g/mol. The summed E-state index contributed by atoms with van der Waals surface area (Å²) in [6.07, 6.45) is 11.1. The normalized spacial score (nSPS) is 23.7. The van der Waals surface area contributed by atoms with Crippen molar-refractivity contribution in [2.45, 2.75) is 62.7 Å². The maximum Gasteiger partial charge on any atom is 0.191 e. The van der Waals surface area contributed by atoms with E-state index in [0.717, 1.165) is 30.9 Å². The predicted molar refractivity (Wildman–Crippen MR) is 108 cm³/mol. The van der Waals surface area contributed by atoms with Crippen LogP contribution in [0.2, 0.25) is 0 Å². The standard InChI is InChI=1S/C16H31N3OS.HI/c1-17-16(19-13-15-9-6-12-21-15)18-10-11-20-14-7-4-2-3-5-8-14;/h14-15H,2-13H2,1H3,(H2,17,18,19);1H. The molecule has 1 saturated heterocycles. The summed E-state index contributed by atoms with van der Waals surface area (Å²) in [7, 11) is 1.84. The average Bonchev–Trinajstić information content (AvgIpc) is 2.89. The summed E-state index contributed by atoms with van der Waals surface area (Å²) in [6.45, 7) is 2.64. The van der Waals surface area contributed by atoms with Gasteiger partial charge in [-0.05, 0) is 31.4 Å². The van der Waals surface area contributed by atoms with Crippen LogP contribution >= 0.6 is 35.7 Å². The first kappa shape index (κ1) is 20.4. The Morgan fingerprint density at radius 2 is 1.86 bits per heavy atom. The Kier molecular flexibility index (Phi) is 11.7. The Hall–Kier alpha value is 0.310. The molecule has 6 heteroatoms. The van der Waals surface area contributed by atoms with Crippen LogP contribution in [0.25, 0.3) is 0 Å². The second-order valence-electron chi connectivity index (χ2n) is 6.00. The fourth-order valence-electron chi connectivity index (χ4n) is 3.04. The van der Waals surface area contributed by atoms with Crippen molar-refractivity contribution in [1.29, 1.82) is 0 Å². The summed E-state index contributed by atoms with van der Waals surface area (Å²) >= 11 is 2.07. The number of nitrogens with zero attached hydrogens (tertiary/aromatic N) is 1. The van der Waals surface area contributed by atoms with E-state index in [0.29, 0.717) is 6.10 Å². The number of guanidine groups is 1. The van der Waals surface area contributed by atoms with Crippen LogP contribution < -0.4 is 10.6 Å². The molecule has 1 unspecified atom stereocenters. The predicted octanol–water partition coefficient (Wildman–Crippen LogP) is 3.40. The Morgan fingerprint density at radius 1 is 1.09 bits per heavy atom. The molecule has 22 heavy (non-hydrogen) atoms. The van der Waals surface area contributed by atoms with E-state index in [4.69, 9.17) is 4.74 Å². The van der Waals surface area contributed by atoms with Crippen molar-refractivity contribution in [3.63, 3.8) is 0 Å². The van der Waals surface area contributed by atoms with Crippen LogP contribution in [0.4, 0.5) is 0 Å². The number of ether oxygens (including phenoxy) is 1. The Morgan fingerprint density at radius 3 is 2.50 bits per heavy atom. The minimum Gasteiger partial charge on any atom is -0.376 e. The molecule has 1 atom stereocenters. The van der Waals surface area contributed by atoms with Gasteiger partial charge < -0.3 is 15.4 Å². The van der Waals surface area contributed by atoms with Crippen LogP contribution in [-0.2, 0) is 4.74 Å². The molecule has 0 radical (unpaired) electrons. The zero-order valence-electron chi connectivity index (χ0n) is 13.8. The number of aliphatic imine (C=N–C) groups is 1.